The van der Waals surface area contributed by atoms with Crippen LogP contribution >= 0.6 is 11.6 Å². The maximum Gasteiger partial charge on any atom is 0.416 e. The minimum Gasteiger partial charge on any atom is -0.309 e. The Kier molecular flexibility index (Phi) is 5.93. The third-order valence-electron chi connectivity index (χ3n) is 3.80. The van der Waals surface area contributed by atoms with Crippen LogP contribution in [-0.4, -0.2) is 15.7 Å². The van der Waals surface area contributed by atoms with Gasteiger partial charge in [0.15, 0.2) is 5.82 Å². The number of nitriles is 1. The fourth-order valence-electron chi connectivity index (χ4n) is 2.39. The largest absolute Gasteiger partial charge is 0.416 e. The second-order valence-electron chi connectivity index (χ2n) is 5.77. The third kappa shape index (κ3) is 4.17. The zero-order valence-corrected chi connectivity index (χ0v) is 14.8. The summed E-state index contributed by atoms with van der Waals surface area (Å²) in [7, 11) is 0. The summed E-state index contributed by atoms with van der Waals surface area (Å²) >= 11 is 5.99. The molecule has 138 valence electrons. The van der Waals surface area contributed by atoms with E-state index < -0.39 is 11.7 Å². The maximum absolute atomic E-state index is 12.8. The Labute approximate surface area is 153 Å². The number of nitrogens with one attached hydrogen (secondary N) is 1. The number of anilines is 1. The molecule has 0 aliphatic heterocycles. The quantitative estimate of drug-likeness (QED) is 0.805. The summed E-state index contributed by atoms with van der Waals surface area (Å²) in [6, 6.07) is 4.67. The van der Waals surface area contributed by atoms with Gasteiger partial charge in [-0.05, 0) is 24.6 Å². The van der Waals surface area contributed by atoms with E-state index in [4.69, 9.17) is 11.6 Å². The molecule has 1 heterocycles. The molecular formula is C17H16ClF3N4O. The van der Waals surface area contributed by atoms with Crippen molar-refractivity contribution < 1.29 is 18.0 Å². The number of alkyl halides is 3. The van der Waals surface area contributed by atoms with Gasteiger partial charge in [-0.15, -0.1) is 0 Å². The average molecular weight is 385 g/mol. The number of aromatic nitrogens is 2. The van der Waals surface area contributed by atoms with Gasteiger partial charge in [-0.1, -0.05) is 31.9 Å². The molecule has 1 amide bonds. The average Bonchev–Trinajstić information content (AvgIpc) is 2.96. The molecule has 26 heavy (non-hydrogen) atoms. The predicted molar refractivity (Wildman–Crippen MR) is 91.0 cm³/mol. The molecule has 2 rings (SSSR count). The van der Waals surface area contributed by atoms with Crippen LogP contribution in [-0.2, 0) is 11.0 Å². The molecule has 1 atom stereocenters. The van der Waals surface area contributed by atoms with Gasteiger partial charge < -0.3 is 5.32 Å². The number of benzene rings is 1. The molecule has 0 saturated carbocycles. The van der Waals surface area contributed by atoms with Gasteiger partial charge in [-0.2, -0.15) is 23.5 Å². The molecule has 0 fully saturated rings. The number of hydrogen-bond acceptors (Lipinski definition) is 3. The molecule has 9 heteroatoms. The van der Waals surface area contributed by atoms with E-state index in [-0.39, 0.29) is 33.9 Å². The van der Waals surface area contributed by atoms with Gasteiger partial charge >= 0.3 is 6.18 Å². The lowest BCUT2D eigenvalue weighted by Gasteiger charge is -2.15. The first-order valence-corrected chi connectivity index (χ1v) is 8.23. The summed E-state index contributed by atoms with van der Waals surface area (Å²) in [6.45, 7) is 3.69. The molecule has 0 aliphatic rings. The minimum absolute atomic E-state index is 0.0714. The van der Waals surface area contributed by atoms with Crippen LogP contribution in [0.1, 0.15) is 37.8 Å². The molecule has 0 saturated heterocycles. The van der Waals surface area contributed by atoms with Crippen molar-refractivity contribution in [2.24, 2.45) is 5.92 Å². The predicted octanol–water partition coefficient (Wildman–Crippen LogP) is 4.79. The Bertz CT molecular complexity index is 855. The van der Waals surface area contributed by atoms with Crippen LogP contribution in [0.3, 0.4) is 0 Å². The summed E-state index contributed by atoms with van der Waals surface area (Å²) in [5.74, 6) is -0.534. The van der Waals surface area contributed by atoms with Crippen molar-refractivity contribution in [1.82, 2.24) is 9.78 Å². The van der Waals surface area contributed by atoms with E-state index in [0.29, 0.717) is 6.42 Å². The van der Waals surface area contributed by atoms with Crippen molar-refractivity contribution in [3.63, 3.8) is 0 Å². The molecule has 0 radical (unpaired) electrons. The summed E-state index contributed by atoms with van der Waals surface area (Å²) in [6.07, 6.45) is -1.85. The fraction of sp³-hybridized carbons (Fsp3) is 0.353. The Balaban J connectivity index is 2.44. The van der Waals surface area contributed by atoms with Crippen LogP contribution in [0.4, 0.5) is 19.0 Å². The van der Waals surface area contributed by atoms with Gasteiger partial charge in [-0.3, -0.25) is 4.79 Å². The van der Waals surface area contributed by atoms with Crippen LogP contribution in [0.15, 0.2) is 24.4 Å². The van der Waals surface area contributed by atoms with Gasteiger partial charge in [-0.25, -0.2) is 4.68 Å². The molecule has 2 aromatic rings. The van der Waals surface area contributed by atoms with E-state index in [9.17, 15) is 23.2 Å². The number of nitrogens with zero attached hydrogens (tertiary/aromatic N) is 3. The highest BCUT2D eigenvalue weighted by molar-refractivity contribution is 6.32. The summed E-state index contributed by atoms with van der Waals surface area (Å²) in [5, 5.41) is 15.6. The first-order valence-electron chi connectivity index (χ1n) is 7.85. The SMILES string of the molecule is CCCC(C)C(=O)Nc1c(C#N)cnn1-c1ccc(C(F)(F)F)cc1Cl. The number of carbonyl (C=O) groups is 1. The van der Waals surface area contributed by atoms with Crippen LogP contribution in [0.2, 0.25) is 5.02 Å². The first-order chi connectivity index (χ1) is 12.2. The van der Waals surface area contributed by atoms with Crippen molar-refractivity contribution in [1.29, 1.82) is 5.26 Å². The van der Waals surface area contributed by atoms with E-state index in [2.05, 4.69) is 10.4 Å². The Morgan fingerprint density at radius 3 is 2.69 bits per heavy atom. The Morgan fingerprint density at radius 2 is 2.15 bits per heavy atom. The molecule has 1 N–H and O–H groups in total. The lowest BCUT2D eigenvalue weighted by atomic mass is 10.1. The van der Waals surface area contributed by atoms with E-state index >= 15 is 0 Å². The minimum atomic E-state index is -4.53. The van der Waals surface area contributed by atoms with Crippen molar-refractivity contribution in [2.75, 3.05) is 5.32 Å². The third-order valence-corrected chi connectivity index (χ3v) is 4.11. The smallest absolute Gasteiger partial charge is 0.309 e. The van der Waals surface area contributed by atoms with E-state index in [1.54, 1.807) is 6.92 Å². The molecule has 1 aromatic heterocycles. The highest BCUT2D eigenvalue weighted by atomic mass is 35.5. The lowest BCUT2D eigenvalue weighted by Crippen LogP contribution is -2.22. The van der Waals surface area contributed by atoms with Gasteiger partial charge in [0.1, 0.15) is 11.6 Å². The normalized spacial score (nSPS) is 12.5. The molecule has 0 spiro atoms. The molecular weight excluding hydrogens is 369 g/mol. The van der Waals surface area contributed by atoms with Gasteiger partial charge in [0.05, 0.1) is 22.5 Å². The first kappa shape index (κ1) is 19.8. The maximum atomic E-state index is 12.8. The fourth-order valence-corrected chi connectivity index (χ4v) is 2.65. The topological polar surface area (TPSA) is 70.7 Å². The number of rotatable bonds is 5. The van der Waals surface area contributed by atoms with Crippen LogP contribution in [0.5, 0.6) is 0 Å². The van der Waals surface area contributed by atoms with Crippen LogP contribution < -0.4 is 5.32 Å². The highest BCUT2D eigenvalue weighted by Gasteiger charge is 2.31. The number of amides is 1. The van der Waals surface area contributed by atoms with Crippen molar-refractivity contribution in [3.8, 4) is 11.8 Å². The number of hydrogen-bond donors (Lipinski definition) is 1. The number of halogens is 4. The van der Waals surface area contributed by atoms with Gasteiger partial charge in [0, 0.05) is 5.92 Å². The molecule has 0 aliphatic carbocycles. The van der Waals surface area contributed by atoms with Gasteiger partial charge in [0.2, 0.25) is 5.91 Å². The Morgan fingerprint density at radius 1 is 1.46 bits per heavy atom. The second-order valence-corrected chi connectivity index (χ2v) is 6.18. The highest BCUT2D eigenvalue weighted by Crippen LogP contribution is 2.34. The Hall–Kier alpha value is -2.53. The summed E-state index contributed by atoms with van der Waals surface area (Å²) in [5.41, 5.74) is -0.696. The molecule has 1 unspecified atom stereocenters. The van der Waals surface area contributed by atoms with Crippen LogP contribution in [0, 0.1) is 17.2 Å². The zero-order valence-electron chi connectivity index (χ0n) is 14.1. The van der Waals surface area contributed by atoms with E-state index in [0.717, 1.165) is 29.3 Å². The van der Waals surface area contributed by atoms with Crippen LogP contribution in [0.25, 0.3) is 5.69 Å². The summed E-state index contributed by atoms with van der Waals surface area (Å²) in [4.78, 5) is 12.3. The molecule has 0 bridgehead atoms. The monoisotopic (exact) mass is 384 g/mol. The lowest BCUT2D eigenvalue weighted by molar-refractivity contribution is -0.137. The van der Waals surface area contributed by atoms with Crippen molar-refractivity contribution >= 4 is 23.3 Å². The van der Waals surface area contributed by atoms with Crippen molar-refractivity contribution in [3.05, 3.63) is 40.5 Å². The van der Waals surface area contributed by atoms with Gasteiger partial charge in [0.25, 0.3) is 0 Å². The van der Waals surface area contributed by atoms with E-state index in [1.165, 1.54) is 6.20 Å². The molecule has 5 nitrogen and oxygen atoms in total. The zero-order chi connectivity index (χ0) is 19.5. The standard InChI is InChI=1S/C17H16ClF3N4O/c1-3-4-10(2)16(26)24-15-11(8-22)9-23-25(15)14-6-5-12(7-13(14)18)17(19,20)21/h5-7,9-10H,3-4H2,1-2H3,(H,24,26). The summed E-state index contributed by atoms with van der Waals surface area (Å²) < 4.78 is 39.5. The molecule has 1 aromatic carbocycles. The second kappa shape index (κ2) is 7.79. The van der Waals surface area contributed by atoms with Crippen molar-refractivity contribution in [2.45, 2.75) is 32.9 Å². The number of carbonyl (C=O) groups excluding carboxylic acids is 1. The van der Waals surface area contributed by atoms with E-state index in [1.807, 2.05) is 13.0 Å².